The normalized spacial score (nSPS) is 29.5. The van der Waals surface area contributed by atoms with E-state index in [1.807, 2.05) is 6.07 Å². The van der Waals surface area contributed by atoms with Gasteiger partial charge in [0.25, 0.3) is 0 Å². The summed E-state index contributed by atoms with van der Waals surface area (Å²) in [6.45, 7) is 4.04. The van der Waals surface area contributed by atoms with E-state index < -0.39 is 0 Å². The third kappa shape index (κ3) is 3.30. The molecule has 3 fully saturated rings. The first-order valence-corrected chi connectivity index (χ1v) is 9.41. The number of hydrogen-bond acceptors (Lipinski definition) is 2. The van der Waals surface area contributed by atoms with E-state index in [1.165, 1.54) is 37.7 Å². The van der Waals surface area contributed by atoms with Crippen LogP contribution in [0, 0.1) is 5.92 Å². The molecule has 2 aliphatic carbocycles. The lowest BCUT2D eigenvalue weighted by Gasteiger charge is -2.40. The molecule has 4 rings (SSSR count). The maximum absolute atomic E-state index is 12.7. The number of hydrogen-bond donors (Lipinski definition) is 0. The predicted molar refractivity (Wildman–Crippen MR) is 92.3 cm³/mol. The van der Waals surface area contributed by atoms with Crippen LogP contribution in [-0.2, 0) is 4.79 Å². The maximum Gasteiger partial charge on any atom is 0.226 e. The van der Waals surface area contributed by atoms with E-state index >= 15 is 0 Å². The van der Waals surface area contributed by atoms with Crippen LogP contribution in [0.1, 0.15) is 50.0 Å². The van der Waals surface area contributed by atoms with Gasteiger partial charge in [0.2, 0.25) is 5.91 Å². The molecule has 0 aromatic heterocycles. The second kappa shape index (κ2) is 6.64. The lowest BCUT2D eigenvalue weighted by molar-refractivity contribution is -0.134. The van der Waals surface area contributed by atoms with Crippen LogP contribution in [0.4, 0.5) is 0 Å². The molecule has 1 aliphatic heterocycles. The molecule has 3 aliphatic rings. The molecule has 3 nitrogen and oxygen atoms in total. The van der Waals surface area contributed by atoms with E-state index in [0.29, 0.717) is 11.8 Å². The van der Waals surface area contributed by atoms with Gasteiger partial charge in [-0.2, -0.15) is 0 Å². The zero-order valence-electron chi connectivity index (χ0n) is 14.0. The number of rotatable bonds is 3. The standard InChI is InChI=1S/C20H28N2O/c23-20(19-15-18(19)16-7-3-1-4-8-16)22-13-11-21(12-14-22)17-9-5-2-6-10-17/h1,3-4,7-8,17-19H,2,5-6,9-15H2/t18-,19+/m1/s1. The lowest BCUT2D eigenvalue weighted by Crippen LogP contribution is -2.52. The van der Waals surface area contributed by atoms with E-state index in [9.17, 15) is 4.79 Å². The highest BCUT2D eigenvalue weighted by molar-refractivity contribution is 5.83. The molecule has 0 spiro atoms. The molecule has 1 aromatic carbocycles. The molecule has 124 valence electrons. The van der Waals surface area contributed by atoms with Crippen LogP contribution in [0.2, 0.25) is 0 Å². The zero-order chi connectivity index (χ0) is 15.6. The van der Waals surface area contributed by atoms with Crippen LogP contribution in [0.3, 0.4) is 0 Å². The largest absolute Gasteiger partial charge is 0.340 e. The smallest absolute Gasteiger partial charge is 0.226 e. The van der Waals surface area contributed by atoms with Gasteiger partial charge in [0.15, 0.2) is 0 Å². The summed E-state index contributed by atoms with van der Waals surface area (Å²) in [6.07, 6.45) is 7.98. The fourth-order valence-electron chi connectivity index (χ4n) is 4.52. The lowest BCUT2D eigenvalue weighted by atomic mass is 9.94. The highest BCUT2D eigenvalue weighted by atomic mass is 16.2. The van der Waals surface area contributed by atoms with Crippen molar-refractivity contribution in [3.63, 3.8) is 0 Å². The van der Waals surface area contributed by atoms with Crippen molar-refractivity contribution in [2.45, 2.75) is 50.5 Å². The number of carbonyl (C=O) groups is 1. The van der Waals surface area contributed by atoms with E-state index in [0.717, 1.165) is 38.6 Å². The Balaban J connectivity index is 1.28. The Morgan fingerprint density at radius 3 is 2.30 bits per heavy atom. The first-order valence-electron chi connectivity index (χ1n) is 9.41. The second-order valence-corrected chi connectivity index (χ2v) is 7.51. The fourth-order valence-corrected chi connectivity index (χ4v) is 4.52. The predicted octanol–water partition coefficient (Wildman–Crippen LogP) is 3.27. The van der Waals surface area contributed by atoms with Crippen molar-refractivity contribution in [1.29, 1.82) is 0 Å². The van der Waals surface area contributed by atoms with Crippen molar-refractivity contribution in [2.75, 3.05) is 26.2 Å². The number of carbonyl (C=O) groups excluding carboxylic acids is 1. The van der Waals surface area contributed by atoms with Crippen LogP contribution in [0.15, 0.2) is 30.3 Å². The summed E-state index contributed by atoms with van der Waals surface area (Å²) < 4.78 is 0. The first kappa shape index (κ1) is 15.2. The first-order chi connectivity index (χ1) is 11.3. The molecule has 1 saturated heterocycles. The Morgan fingerprint density at radius 1 is 0.913 bits per heavy atom. The quantitative estimate of drug-likeness (QED) is 0.855. The SMILES string of the molecule is O=C([C@H]1C[C@@H]1c1ccccc1)N1CCN(C2CCCCC2)CC1. The van der Waals surface area contributed by atoms with Crippen molar-refractivity contribution in [2.24, 2.45) is 5.92 Å². The van der Waals surface area contributed by atoms with Gasteiger partial charge in [-0.1, -0.05) is 49.6 Å². The van der Waals surface area contributed by atoms with Crippen molar-refractivity contribution < 1.29 is 4.79 Å². The van der Waals surface area contributed by atoms with E-state index in [2.05, 4.69) is 34.1 Å². The Labute approximate surface area is 139 Å². The van der Waals surface area contributed by atoms with Crippen LogP contribution in [0.25, 0.3) is 0 Å². The van der Waals surface area contributed by atoms with Gasteiger partial charge in [0, 0.05) is 38.1 Å². The van der Waals surface area contributed by atoms with Crippen LogP contribution in [-0.4, -0.2) is 47.9 Å². The van der Waals surface area contributed by atoms with E-state index in [-0.39, 0.29) is 5.92 Å². The Bertz CT molecular complexity index is 530. The molecule has 1 amide bonds. The molecule has 0 N–H and O–H groups in total. The Morgan fingerprint density at radius 2 is 1.61 bits per heavy atom. The Kier molecular flexibility index (Phi) is 4.39. The molecule has 3 heteroatoms. The monoisotopic (exact) mass is 312 g/mol. The van der Waals surface area contributed by atoms with Crippen LogP contribution in [0.5, 0.6) is 0 Å². The molecule has 0 bridgehead atoms. The van der Waals surface area contributed by atoms with Crippen LogP contribution >= 0.6 is 0 Å². The third-order valence-corrected chi connectivity index (χ3v) is 6.05. The van der Waals surface area contributed by atoms with Gasteiger partial charge in [0.1, 0.15) is 0 Å². The van der Waals surface area contributed by atoms with E-state index in [1.54, 1.807) is 0 Å². The summed E-state index contributed by atoms with van der Waals surface area (Å²) >= 11 is 0. The number of piperazine rings is 1. The second-order valence-electron chi connectivity index (χ2n) is 7.51. The Hall–Kier alpha value is -1.35. The van der Waals surface area contributed by atoms with Gasteiger partial charge in [0.05, 0.1) is 0 Å². The molecule has 1 aromatic rings. The number of amides is 1. The minimum Gasteiger partial charge on any atom is -0.340 e. The van der Waals surface area contributed by atoms with Crippen molar-refractivity contribution >= 4 is 5.91 Å². The van der Waals surface area contributed by atoms with Gasteiger partial charge in [-0.15, -0.1) is 0 Å². The fraction of sp³-hybridized carbons (Fsp3) is 0.650. The highest BCUT2D eigenvalue weighted by Gasteiger charge is 2.46. The average molecular weight is 312 g/mol. The van der Waals surface area contributed by atoms with Crippen molar-refractivity contribution in [3.8, 4) is 0 Å². The summed E-state index contributed by atoms with van der Waals surface area (Å²) in [4.78, 5) is 17.5. The molecular formula is C20H28N2O. The minimum absolute atomic E-state index is 0.249. The summed E-state index contributed by atoms with van der Waals surface area (Å²) in [5, 5.41) is 0. The molecule has 23 heavy (non-hydrogen) atoms. The van der Waals surface area contributed by atoms with Gasteiger partial charge < -0.3 is 4.90 Å². The minimum atomic E-state index is 0.249. The number of benzene rings is 1. The maximum atomic E-state index is 12.7. The van der Waals surface area contributed by atoms with Gasteiger partial charge in [-0.3, -0.25) is 9.69 Å². The van der Waals surface area contributed by atoms with Gasteiger partial charge in [-0.05, 0) is 30.7 Å². The summed E-state index contributed by atoms with van der Waals surface area (Å²) in [5.41, 5.74) is 1.34. The summed E-state index contributed by atoms with van der Waals surface area (Å²) in [7, 11) is 0. The van der Waals surface area contributed by atoms with Crippen LogP contribution < -0.4 is 0 Å². The molecule has 0 unspecified atom stereocenters. The molecular weight excluding hydrogens is 284 g/mol. The molecule has 0 radical (unpaired) electrons. The van der Waals surface area contributed by atoms with Crippen molar-refractivity contribution in [1.82, 2.24) is 9.80 Å². The highest BCUT2D eigenvalue weighted by Crippen LogP contribution is 2.48. The van der Waals surface area contributed by atoms with Gasteiger partial charge in [-0.25, -0.2) is 0 Å². The molecule has 1 heterocycles. The van der Waals surface area contributed by atoms with Gasteiger partial charge >= 0.3 is 0 Å². The summed E-state index contributed by atoms with van der Waals surface area (Å²) in [6, 6.07) is 11.3. The topological polar surface area (TPSA) is 23.6 Å². The average Bonchev–Trinajstić information content (AvgIpc) is 3.44. The molecule has 2 saturated carbocycles. The zero-order valence-corrected chi connectivity index (χ0v) is 14.0. The molecule has 2 atom stereocenters. The van der Waals surface area contributed by atoms with E-state index in [4.69, 9.17) is 0 Å². The summed E-state index contributed by atoms with van der Waals surface area (Å²) in [5.74, 6) is 1.13. The third-order valence-electron chi connectivity index (χ3n) is 6.05. The number of nitrogens with zero attached hydrogens (tertiary/aromatic N) is 2. The van der Waals surface area contributed by atoms with Crippen molar-refractivity contribution in [3.05, 3.63) is 35.9 Å².